The topological polar surface area (TPSA) is 42.9 Å². The lowest BCUT2D eigenvalue weighted by molar-refractivity contribution is 0.164. The number of nitrogens with zero attached hydrogens (tertiary/aromatic N) is 3. The van der Waals surface area contributed by atoms with E-state index < -0.39 is 0 Å². The number of fused-ring (bicyclic) bond motifs is 9. The molecule has 10 rings (SSSR count). The van der Waals surface area contributed by atoms with E-state index in [1.165, 1.54) is 50.2 Å². The lowest BCUT2D eigenvalue weighted by Gasteiger charge is -2.24. The van der Waals surface area contributed by atoms with Crippen molar-refractivity contribution < 1.29 is 4.74 Å². The fourth-order valence-electron chi connectivity index (χ4n) is 8.72. The van der Waals surface area contributed by atoms with E-state index in [0.29, 0.717) is 5.56 Å². The third-order valence-corrected chi connectivity index (χ3v) is 10.7. The Morgan fingerprint density at radius 3 is 2.53 bits per heavy atom. The van der Waals surface area contributed by atoms with Gasteiger partial charge in [0.05, 0.1) is 28.8 Å². The Bertz CT molecular complexity index is 2360. The number of aromatic nitrogens is 2. The second kappa shape index (κ2) is 10.2. The van der Waals surface area contributed by atoms with Gasteiger partial charge < -0.3 is 13.9 Å². The summed E-state index contributed by atoms with van der Waals surface area (Å²) in [7, 11) is 0. The summed E-state index contributed by atoms with van der Waals surface area (Å²) in [4.78, 5) is 0. The van der Waals surface area contributed by atoms with Gasteiger partial charge in [0.1, 0.15) is 11.9 Å². The molecule has 226 valence electrons. The van der Waals surface area contributed by atoms with Crippen LogP contribution in [0.5, 0.6) is 0 Å². The van der Waals surface area contributed by atoms with E-state index in [-0.39, 0.29) is 12.0 Å². The highest BCUT2D eigenvalue weighted by atomic mass is 16.5. The Morgan fingerprint density at radius 1 is 0.723 bits per heavy atom. The van der Waals surface area contributed by atoms with Crippen LogP contribution in [0.4, 0.5) is 0 Å². The van der Waals surface area contributed by atoms with Crippen LogP contribution in [0, 0.1) is 11.3 Å². The molecule has 4 heteroatoms. The first-order valence-corrected chi connectivity index (χ1v) is 16.9. The number of hydrogen-bond donors (Lipinski definition) is 0. The van der Waals surface area contributed by atoms with Crippen molar-refractivity contribution in [2.45, 2.75) is 50.5 Å². The van der Waals surface area contributed by atoms with Crippen molar-refractivity contribution >= 4 is 29.1 Å². The van der Waals surface area contributed by atoms with E-state index in [1.54, 1.807) is 0 Å². The summed E-state index contributed by atoms with van der Waals surface area (Å²) >= 11 is 0. The molecule has 0 spiro atoms. The highest BCUT2D eigenvalue weighted by Crippen LogP contribution is 2.51. The molecule has 4 nitrogen and oxygen atoms in total. The molecular formula is C43H33N3O. The Balaban J connectivity index is 1.14. The van der Waals surface area contributed by atoms with Crippen molar-refractivity contribution in [2.75, 3.05) is 0 Å². The van der Waals surface area contributed by atoms with Gasteiger partial charge in [-0.05, 0) is 109 Å². The summed E-state index contributed by atoms with van der Waals surface area (Å²) < 4.78 is 11.3. The van der Waals surface area contributed by atoms with Crippen LogP contribution in [0.3, 0.4) is 0 Å². The molecule has 3 aromatic carbocycles. The number of rotatable bonds is 3. The van der Waals surface area contributed by atoms with Gasteiger partial charge in [-0.25, -0.2) is 0 Å². The molecule has 47 heavy (non-hydrogen) atoms. The van der Waals surface area contributed by atoms with Crippen LogP contribution in [0.1, 0.15) is 70.9 Å². The number of benzene rings is 3. The van der Waals surface area contributed by atoms with Crippen LogP contribution < -0.4 is 0 Å². The van der Waals surface area contributed by atoms with Gasteiger partial charge in [-0.2, -0.15) is 5.26 Å². The third-order valence-electron chi connectivity index (χ3n) is 10.7. The molecule has 0 amide bonds. The van der Waals surface area contributed by atoms with E-state index in [2.05, 4.69) is 124 Å². The maximum Gasteiger partial charge on any atom is 0.128 e. The van der Waals surface area contributed by atoms with E-state index in [4.69, 9.17) is 4.74 Å². The van der Waals surface area contributed by atoms with Crippen LogP contribution in [0.2, 0.25) is 0 Å². The molecule has 0 radical (unpaired) electrons. The van der Waals surface area contributed by atoms with Crippen LogP contribution in [0.15, 0.2) is 108 Å². The lowest BCUT2D eigenvalue weighted by atomic mass is 9.79. The second-order valence-corrected chi connectivity index (χ2v) is 13.3. The first-order valence-electron chi connectivity index (χ1n) is 16.9. The Morgan fingerprint density at radius 2 is 1.57 bits per heavy atom. The monoisotopic (exact) mass is 607 g/mol. The summed E-state index contributed by atoms with van der Waals surface area (Å²) in [6, 6.07) is 26.4. The summed E-state index contributed by atoms with van der Waals surface area (Å²) in [5, 5.41) is 11.6. The number of para-hydroxylation sites is 1. The first kappa shape index (κ1) is 26.7. The molecule has 0 bridgehead atoms. The number of hydrogen-bond acceptors (Lipinski definition) is 2. The standard InChI is InChI=1S/C43H33N3O/c44-26-27-22-29(28-10-9-11-30(24-28)45-36-16-5-1-12-32(36)33-13-2-6-17-37(33)45)25-31(23-27)46-38-18-7-3-14-34(38)42-39(46)20-21-41-43(42)35-15-4-8-19-40(35)47-41/h1-2,4-5,7,9-13,15-16,18,20-25,41,43H,3,6,8,14,17,19H2. The average Bonchev–Trinajstić information content (AvgIpc) is 3.79. The second-order valence-electron chi connectivity index (χ2n) is 13.3. The van der Waals surface area contributed by atoms with Crippen molar-refractivity contribution in [2.24, 2.45) is 0 Å². The van der Waals surface area contributed by atoms with E-state index in [0.717, 1.165) is 66.8 Å². The highest BCUT2D eigenvalue weighted by molar-refractivity contribution is 5.93. The minimum Gasteiger partial charge on any atom is -0.489 e. The molecule has 0 saturated carbocycles. The van der Waals surface area contributed by atoms with Crippen LogP contribution in [-0.4, -0.2) is 15.2 Å². The molecule has 5 aromatic rings. The van der Waals surface area contributed by atoms with Crippen molar-refractivity contribution in [3.63, 3.8) is 0 Å². The van der Waals surface area contributed by atoms with Gasteiger partial charge in [0.2, 0.25) is 0 Å². The van der Waals surface area contributed by atoms with Crippen molar-refractivity contribution in [1.82, 2.24) is 9.13 Å². The number of allylic oxidation sites excluding steroid dienone is 5. The van der Waals surface area contributed by atoms with E-state index in [1.807, 2.05) is 6.07 Å². The summed E-state index contributed by atoms with van der Waals surface area (Å²) in [5.41, 5.74) is 15.5. The lowest BCUT2D eigenvalue weighted by Crippen LogP contribution is -2.19. The molecule has 1 aliphatic heterocycles. The average molecular weight is 608 g/mol. The number of ether oxygens (including phenoxy) is 1. The van der Waals surface area contributed by atoms with Crippen molar-refractivity contribution in [1.29, 1.82) is 5.26 Å². The highest BCUT2D eigenvalue weighted by Gasteiger charge is 2.42. The first-order chi connectivity index (χ1) is 23.3. The van der Waals surface area contributed by atoms with Crippen LogP contribution in [0.25, 0.3) is 51.6 Å². The van der Waals surface area contributed by atoms with Gasteiger partial charge in [-0.1, -0.05) is 60.7 Å². The van der Waals surface area contributed by atoms with Crippen molar-refractivity contribution in [3.8, 4) is 28.6 Å². The fourth-order valence-corrected chi connectivity index (χ4v) is 8.72. The SMILES string of the molecule is N#Cc1cc(-c2cccc(-n3c4c(c5ccccc53)C=CCC4)c2)cc(-n2c3c(c4c2C=CC2OC5=C(C=CCC5)C42)CCC=C3)c1. The van der Waals surface area contributed by atoms with Gasteiger partial charge >= 0.3 is 0 Å². The van der Waals surface area contributed by atoms with Crippen LogP contribution >= 0.6 is 0 Å². The normalized spacial score (nSPS) is 20.0. The molecule has 2 unspecified atom stereocenters. The van der Waals surface area contributed by atoms with Gasteiger partial charge in [-0.3, -0.25) is 0 Å². The van der Waals surface area contributed by atoms with Gasteiger partial charge in [0.25, 0.3) is 0 Å². The maximum absolute atomic E-state index is 10.3. The predicted octanol–water partition coefficient (Wildman–Crippen LogP) is 9.99. The molecule has 3 heterocycles. The van der Waals surface area contributed by atoms with Gasteiger partial charge in [-0.15, -0.1) is 0 Å². The third kappa shape index (κ3) is 3.93. The largest absolute Gasteiger partial charge is 0.489 e. The molecule has 0 N–H and O–H groups in total. The maximum atomic E-state index is 10.3. The van der Waals surface area contributed by atoms with E-state index >= 15 is 0 Å². The molecule has 2 atom stereocenters. The van der Waals surface area contributed by atoms with Crippen molar-refractivity contribution in [3.05, 3.63) is 148 Å². The molecular weight excluding hydrogens is 574 g/mol. The molecule has 2 aromatic heterocycles. The smallest absolute Gasteiger partial charge is 0.128 e. The van der Waals surface area contributed by atoms with E-state index in [9.17, 15) is 5.26 Å². The predicted molar refractivity (Wildman–Crippen MR) is 190 cm³/mol. The Hall–Kier alpha value is -5.53. The summed E-state index contributed by atoms with van der Waals surface area (Å²) in [6.07, 6.45) is 24.5. The summed E-state index contributed by atoms with van der Waals surface area (Å²) in [5.74, 6) is 1.38. The summed E-state index contributed by atoms with van der Waals surface area (Å²) in [6.45, 7) is 0. The van der Waals surface area contributed by atoms with Crippen LogP contribution in [-0.2, 0) is 17.6 Å². The molecule has 4 aliphatic carbocycles. The zero-order chi connectivity index (χ0) is 31.1. The minimum absolute atomic E-state index is 0.0517. The zero-order valence-corrected chi connectivity index (χ0v) is 26.1. The molecule has 0 fully saturated rings. The number of nitriles is 1. The van der Waals surface area contributed by atoms with Gasteiger partial charge in [0, 0.05) is 45.7 Å². The molecule has 5 aliphatic rings. The quantitative estimate of drug-likeness (QED) is 0.205. The zero-order valence-electron chi connectivity index (χ0n) is 26.1. The van der Waals surface area contributed by atoms with Gasteiger partial charge in [0.15, 0.2) is 0 Å². The Labute approximate surface area is 274 Å². The molecule has 0 saturated heterocycles. The minimum atomic E-state index is 0.0517. The Kier molecular flexibility index (Phi) is 5.81. The fraction of sp³-hybridized carbons (Fsp3) is 0.186.